The SMILES string of the molecule is CC[C@@]1(c2c(F)cccc2CC(C)C)CNC[C@H]1C(=O)N1CC[C@@H](c2ccccc2)C[C@H]1C1CCCCC1. The summed E-state index contributed by atoms with van der Waals surface area (Å²) >= 11 is 0. The van der Waals surface area contributed by atoms with Gasteiger partial charge in [-0.2, -0.15) is 0 Å². The van der Waals surface area contributed by atoms with Crippen LogP contribution in [0.4, 0.5) is 4.39 Å². The van der Waals surface area contributed by atoms with Crippen molar-refractivity contribution in [3.05, 3.63) is 71.0 Å². The van der Waals surface area contributed by atoms with Gasteiger partial charge in [0, 0.05) is 31.1 Å². The molecule has 38 heavy (non-hydrogen) atoms. The number of nitrogens with one attached hydrogen (secondary N) is 1. The highest BCUT2D eigenvalue weighted by molar-refractivity contribution is 5.82. The number of benzene rings is 2. The second-order valence-electron chi connectivity index (χ2n) is 12.7. The monoisotopic (exact) mass is 518 g/mol. The van der Waals surface area contributed by atoms with Gasteiger partial charge in [-0.15, -0.1) is 0 Å². The van der Waals surface area contributed by atoms with Gasteiger partial charge in [-0.05, 0) is 79.0 Å². The zero-order valence-corrected chi connectivity index (χ0v) is 23.7. The normalized spacial score (nSPS) is 28.7. The van der Waals surface area contributed by atoms with Crippen LogP contribution in [0.2, 0.25) is 0 Å². The molecule has 1 aliphatic carbocycles. The van der Waals surface area contributed by atoms with Gasteiger partial charge in [-0.3, -0.25) is 4.79 Å². The van der Waals surface area contributed by atoms with Crippen molar-refractivity contribution in [3.8, 4) is 0 Å². The molecule has 206 valence electrons. The number of hydrogen-bond donors (Lipinski definition) is 1. The lowest BCUT2D eigenvalue weighted by Crippen LogP contribution is -2.55. The number of amides is 1. The second-order valence-corrected chi connectivity index (χ2v) is 12.7. The average Bonchev–Trinajstić information content (AvgIpc) is 3.38. The van der Waals surface area contributed by atoms with Crippen molar-refractivity contribution in [1.29, 1.82) is 0 Å². The Morgan fingerprint density at radius 2 is 1.82 bits per heavy atom. The lowest BCUT2D eigenvalue weighted by Gasteiger charge is -2.47. The molecule has 3 fully saturated rings. The summed E-state index contributed by atoms with van der Waals surface area (Å²) in [5.74, 6) is 1.41. The molecule has 1 N–H and O–H groups in total. The Morgan fingerprint density at radius 3 is 2.53 bits per heavy atom. The Kier molecular flexibility index (Phi) is 8.57. The largest absolute Gasteiger partial charge is 0.339 e. The first-order valence-corrected chi connectivity index (χ1v) is 15.3. The number of carbonyl (C=O) groups excluding carboxylic acids is 1. The van der Waals surface area contributed by atoms with E-state index in [9.17, 15) is 4.79 Å². The van der Waals surface area contributed by atoms with E-state index in [0.29, 0.717) is 30.8 Å². The summed E-state index contributed by atoms with van der Waals surface area (Å²) in [6.45, 7) is 8.65. The fourth-order valence-corrected chi connectivity index (χ4v) is 8.09. The predicted molar refractivity (Wildman–Crippen MR) is 154 cm³/mol. The van der Waals surface area contributed by atoms with Gasteiger partial charge in [0.2, 0.25) is 5.91 Å². The second kappa shape index (κ2) is 11.9. The third-order valence-corrected chi connectivity index (χ3v) is 10.0. The Balaban J connectivity index is 1.48. The van der Waals surface area contributed by atoms with E-state index in [1.165, 1.54) is 37.7 Å². The molecular weight excluding hydrogens is 471 g/mol. The topological polar surface area (TPSA) is 32.3 Å². The Morgan fingerprint density at radius 1 is 1.05 bits per heavy atom. The third-order valence-electron chi connectivity index (χ3n) is 10.0. The number of piperidine rings is 1. The minimum absolute atomic E-state index is 0.141. The van der Waals surface area contributed by atoms with Crippen molar-refractivity contribution in [2.45, 2.75) is 95.9 Å². The molecule has 2 aromatic carbocycles. The van der Waals surface area contributed by atoms with Crippen LogP contribution in [-0.4, -0.2) is 36.5 Å². The Hall–Kier alpha value is -2.20. The fraction of sp³-hybridized carbons (Fsp3) is 0.618. The highest BCUT2D eigenvalue weighted by Gasteiger charge is 2.52. The summed E-state index contributed by atoms with van der Waals surface area (Å²) in [6.07, 6.45) is 9.98. The maximum atomic E-state index is 15.7. The van der Waals surface area contributed by atoms with E-state index >= 15 is 4.39 Å². The lowest BCUT2D eigenvalue weighted by atomic mass is 9.67. The van der Waals surface area contributed by atoms with Crippen LogP contribution >= 0.6 is 0 Å². The molecule has 0 unspecified atom stereocenters. The molecule has 1 saturated carbocycles. The molecule has 2 saturated heterocycles. The van der Waals surface area contributed by atoms with Crippen LogP contribution in [0.5, 0.6) is 0 Å². The molecule has 3 aliphatic rings. The first-order valence-electron chi connectivity index (χ1n) is 15.3. The maximum absolute atomic E-state index is 15.7. The van der Waals surface area contributed by atoms with Gasteiger partial charge in [0.15, 0.2) is 0 Å². The summed E-state index contributed by atoms with van der Waals surface area (Å²) in [4.78, 5) is 16.9. The average molecular weight is 519 g/mol. The van der Waals surface area contributed by atoms with E-state index in [2.05, 4.69) is 67.4 Å². The number of rotatable bonds is 7. The number of likely N-dealkylation sites (tertiary alicyclic amines) is 1. The van der Waals surface area contributed by atoms with Crippen LogP contribution in [0.1, 0.15) is 94.7 Å². The maximum Gasteiger partial charge on any atom is 0.228 e. The molecule has 3 nitrogen and oxygen atoms in total. The van der Waals surface area contributed by atoms with E-state index in [4.69, 9.17) is 0 Å². The van der Waals surface area contributed by atoms with Gasteiger partial charge in [-0.25, -0.2) is 4.39 Å². The standard InChI is InChI=1S/C34H47FN2O/c1-4-34(32-28(20-24(2)3)16-11-17-30(32)35)23-36-22-29(34)33(38)37-19-18-27(25-12-7-5-8-13-25)21-31(37)26-14-9-6-10-15-26/h5,7-8,11-13,16-17,24,26-27,29,31,36H,4,6,9-10,14-15,18-23H2,1-3H3/t27-,29+,31+,34-/m1/s1. The van der Waals surface area contributed by atoms with Crippen molar-refractivity contribution in [3.63, 3.8) is 0 Å². The smallest absolute Gasteiger partial charge is 0.228 e. The molecule has 2 heterocycles. The molecule has 0 aromatic heterocycles. The van der Waals surface area contributed by atoms with Gasteiger partial charge in [0.05, 0.1) is 5.92 Å². The minimum Gasteiger partial charge on any atom is -0.339 e. The highest BCUT2D eigenvalue weighted by Crippen LogP contribution is 2.46. The summed E-state index contributed by atoms with van der Waals surface area (Å²) in [5, 5.41) is 3.56. The van der Waals surface area contributed by atoms with Crippen LogP contribution in [0, 0.1) is 23.6 Å². The lowest BCUT2D eigenvalue weighted by molar-refractivity contribution is -0.142. The molecule has 2 aromatic rings. The molecule has 4 heteroatoms. The van der Waals surface area contributed by atoms with Crippen molar-refractivity contribution < 1.29 is 9.18 Å². The highest BCUT2D eigenvalue weighted by atomic mass is 19.1. The van der Waals surface area contributed by atoms with E-state index < -0.39 is 5.41 Å². The van der Waals surface area contributed by atoms with Crippen molar-refractivity contribution in [1.82, 2.24) is 10.2 Å². The van der Waals surface area contributed by atoms with E-state index in [1.807, 2.05) is 6.07 Å². The van der Waals surface area contributed by atoms with Crippen molar-refractivity contribution >= 4 is 5.91 Å². The minimum atomic E-state index is -0.500. The molecule has 2 aliphatic heterocycles. The van der Waals surface area contributed by atoms with Gasteiger partial charge in [0.25, 0.3) is 0 Å². The predicted octanol–water partition coefficient (Wildman–Crippen LogP) is 7.25. The fourth-order valence-electron chi connectivity index (χ4n) is 8.09. The van der Waals surface area contributed by atoms with Crippen LogP contribution in [0.15, 0.2) is 48.5 Å². The van der Waals surface area contributed by atoms with Crippen molar-refractivity contribution in [2.24, 2.45) is 17.8 Å². The molecule has 1 amide bonds. The molecule has 0 spiro atoms. The number of hydrogen-bond acceptors (Lipinski definition) is 2. The number of carbonyl (C=O) groups is 1. The van der Waals surface area contributed by atoms with E-state index in [1.54, 1.807) is 6.07 Å². The molecule has 4 atom stereocenters. The summed E-state index contributed by atoms with van der Waals surface area (Å²) in [7, 11) is 0. The van der Waals surface area contributed by atoms with Gasteiger partial charge >= 0.3 is 0 Å². The van der Waals surface area contributed by atoms with Gasteiger partial charge in [-0.1, -0.05) is 82.5 Å². The number of halogens is 1. The molecule has 0 radical (unpaired) electrons. The Bertz CT molecular complexity index is 1080. The summed E-state index contributed by atoms with van der Waals surface area (Å²) in [6, 6.07) is 16.7. The third kappa shape index (κ3) is 5.30. The molecular formula is C34H47FN2O. The van der Waals surface area contributed by atoms with Crippen LogP contribution in [0.25, 0.3) is 0 Å². The van der Waals surface area contributed by atoms with Crippen molar-refractivity contribution in [2.75, 3.05) is 19.6 Å². The van der Waals surface area contributed by atoms with Crippen LogP contribution < -0.4 is 5.32 Å². The number of nitrogens with zero attached hydrogens (tertiary/aromatic N) is 1. The summed E-state index contributed by atoms with van der Waals surface area (Å²) in [5.41, 5.74) is 2.79. The van der Waals surface area contributed by atoms with Crippen LogP contribution in [0.3, 0.4) is 0 Å². The van der Waals surface area contributed by atoms with E-state index in [0.717, 1.165) is 43.4 Å². The zero-order chi connectivity index (χ0) is 26.7. The summed E-state index contributed by atoms with van der Waals surface area (Å²) < 4.78 is 15.7. The molecule has 5 rings (SSSR count). The zero-order valence-electron chi connectivity index (χ0n) is 23.7. The van der Waals surface area contributed by atoms with Gasteiger partial charge in [0.1, 0.15) is 5.82 Å². The first kappa shape index (κ1) is 27.4. The van der Waals surface area contributed by atoms with E-state index in [-0.39, 0.29) is 23.7 Å². The first-order chi connectivity index (χ1) is 18.4. The van der Waals surface area contributed by atoms with Crippen LogP contribution in [-0.2, 0) is 16.6 Å². The van der Waals surface area contributed by atoms with Gasteiger partial charge < -0.3 is 10.2 Å². The quantitative estimate of drug-likeness (QED) is 0.419. The molecule has 0 bridgehead atoms. The Labute approximate surface area is 229 Å².